The molecule has 2 fully saturated rings. The first kappa shape index (κ1) is 90.9. The molecule has 17 atom stereocenters. The van der Waals surface area contributed by atoms with Gasteiger partial charge in [0.1, 0.15) is 84.6 Å². The Hall–Kier alpha value is -8.28. The molecule has 105 heavy (non-hydrogen) atoms. The van der Waals surface area contributed by atoms with Gasteiger partial charge in [-0.25, -0.2) is 4.79 Å². The largest absolute Gasteiger partial charge is 0.458 e. The Labute approximate surface area is 620 Å². The summed E-state index contributed by atoms with van der Waals surface area (Å²) < 4.78 is 5.98. The molecule has 0 spiro atoms. The number of aliphatic hydroxyl groups is 1. The number of nitrogens with zero attached hydrogens (tertiary/aromatic N) is 1. The van der Waals surface area contributed by atoms with Crippen LogP contribution in [0.1, 0.15) is 201 Å². The minimum Gasteiger partial charge on any atom is -0.458 e. The Balaban J connectivity index is 2.00. The Kier molecular flexibility index (Phi) is 38.1. The average Bonchev–Trinajstić information content (AvgIpc) is 1.79. The highest BCUT2D eigenvalue weighted by Crippen LogP contribution is 2.23. The number of nitrogens with one attached hydrogen (secondary N) is 12. The van der Waals surface area contributed by atoms with E-state index in [-0.39, 0.29) is 63.9 Å². The van der Waals surface area contributed by atoms with Crippen LogP contribution in [0.3, 0.4) is 0 Å². The maximum atomic E-state index is 15.1. The summed E-state index contributed by atoms with van der Waals surface area (Å²) in [6, 6.07) is -8.70. The van der Waals surface area contributed by atoms with E-state index in [1.807, 2.05) is 13.8 Å². The number of hydrogen-bond donors (Lipinski definition) is 14. The summed E-state index contributed by atoms with van der Waals surface area (Å²) in [5.41, 5.74) is 6.64. The van der Waals surface area contributed by atoms with E-state index in [4.69, 9.17) is 10.5 Å². The van der Waals surface area contributed by atoms with Crippen LogP contribution < -0.4 is 69.5 Å². The topological polar surface area (TPSA) is 442 Å². The van der Waals surface area contributed by atoms with E-state index < -0.39 is 209 Å². The highest BCUT2D eigenvalue weighted by Gasteiger charge is 2.45. The van der Waals surface area contributed by atoms with Crippen molar-refractivity contribution in [1.82, 2.24) is 68.7 Å². The third-order valence-electron chi connectivity index (χ3n) is 19.5. The quantitative estimate of drug-likeness (QED) is 0.0437. The average molecular weight is 1480 g/mol. The van der Waals surface area contributed by atoms with Gasteiger partial charge in [-0.05, 0) is 112 Å². The van der Waals surface area contributed by atoms with Crippen molar-refractivity contribution in [1.29, 1.82) is 0 Å². The molecule has 0 aromatic heterocycles. The fraction of sp³-hybridized carbons (Fsp3) is 0.733. The van der Waals surface area contributed by atoms with E-state index in [9.17, 15) is 62.6 Å². The van der Waals surface area contributed by atoms with Crippen LogP contribution in [0.15, 0.2) is 30.3 Å². The van der Waals surface area contributed by atoms with Crippen LogP contribution in [0.5, 0.6) is 0 Å². The summed E-state index contributed by atoms with van der Waals surface area (Å²) in [5, 5.41) is 43.4. The van der Waals surface area contributed by atoms with Crippen molar-refractivity contribution in [3.63, 3.8) is 0 Å². The molecule has 1 aromatic carbocycles. The number of likely N-dealkylation sites (tertiary alicyclic amines) is 1. The molecule has 30 heteroatoms. The highest BCUT2D eigenvalue weighted by molar-refractivity contribution is 6.01. The van der Waals surface area contributed by atoms with E-state index in [0.29, 0.717) is 30.7 Å². The number of carbonyl (C=O) groups is 14. The predicted molar refractivity (Wildman–Crippen MR) is 396 cm³/mol. The van der Waals surface area contributed by atoms with Gasteiger partial charge in [0.2, 0.25) is 76.8 Å². The van der Waals surface area contributed by atoms with Gasteiger partial charge in [-0.15, -0.1) is 0 Å². The molecule has 3 rings (SSSR count). The standard InChI is InChI=1S/C75H126N14O16/c1-20-44(16)59(71(100)88-62-47(19)105-75(104)58(43(14)15)84-63(92)49(22-3)77-65(94)51(37-48-30-24-23-25-31-48)79-67(96)55(40(8)9)81-70(99)60(45(17)21-2)86-73(62)102)85-64(93)50(32-27-35-76)78-66(95)52-33-28-36-89(52)74(103)57(42(12)13)83-69(98)56(41(10)11)82-72(101)61(46(18)90)87-68(97)54(39(6)7)80-53(91)34-26-29-38(4)5/h23-25,30-31,38-47,49-52,54-62,90H,20-22,26-29,32-37,76H2,1-19H3,(H,77,94)(H,78,95)(H,79,96)(H,80,91)(H,81,99)(H,82,101)(H,83,98)(H,84,92)(H,85,93)(H,86,102)(H,87,97)(H,88,100)/t44-,45-,46+,47+,49+,50-,51-,52+,54+,55+,56-,57+,58-,59+,60+,61-,62+/m0/s1. The maximum Gasteiger partial charge on any atom is 0.329 e. The minimum absolute atomic E-state index is 0.00824. The lowest BCUT2D eigenvalue weighted by Crippen LogP contribution is -2.64. The molecule has 0 radical (unpaired) electrons. The molecular weight excluding hydrogens is 1350 g/mol. The third kappa shape index (κ3) is 27.9. The molecule has 0 bridgehead atoms. The summed E-state index contributed by atoms with van der Waals surface area (Å²) in [6.07, 6.45) is -0.170. The fourth-order valence-corrected chi connectivity index (χ4v) is 12.3. The Morgan fingerprint density at radius 3 is 1.61 bits per heavy atom. The summed E-state index contributed by atoms with van der Waals surface area (Å²) in [7, 11) is 0. The van der Waals surface area contributed by atoms with Gasteiger partial charge < -0.3 is 84.3 Å². The Bertz CT molecular complexity index is 3090. The van der Waals surface area contributed by atoms with Crippen molar-refractivity contribution < 1.29 is 77.0 Å². The zero-order valence-electron chi connectivity index (χ0n) is 65.5. The molecule has 2 aliphatic heterocycles. The van der Waals surface area contributed by atoms with Gasteiger partial charge in [0.25, 0.3) is 0 Å². The van der Waals surface area contributed by atoms with Crippen LogP contribution in [0.25, 0.3) is 0 Å². The van der Waals surface area contributed by atoms with Gasteiger partial charge in [0.05, 0.1) is 6.10 Å². The van der Waals surface area contributed by atoms with Crippen molar-refractivity contribution >= 4 is 82.8 Å². The molecule has 592 valence electrons. The summed E-state index contributed by atoms with van der Waals surface area (Å²) in [4.78, 5) is 202. The SMILES string of the molecule is CC[C@H]1NC(=O)[C@H](Cc2ccccc2)NC(=O)[C@@H](C(C)C)NC(=O)[C@@H]([C@@H](C)CC)NC(=O)[C@H](NC(=O)[C@H](NC(=O)[C@H](CCCN)NC(=O)[C@H]2CCCN2C(=O)[C@H](NC(=O)[C@@H](NC(=O)[C@@H](NC(=O)[C@H](NC(=O)CCCC(C)C)C(C)C)[C@@H](C)O)C(C)C)C(C)C)[C@@H](C)CC)[C@@H](C)OC(=O)[C@H](C(C)C)NC1=O. The van der Waals surface area contributed by atoms with Crippen LogP contribution in [-0.4, -0.2) is 197 Å². The molecule has 1 aromatic rings. The lowest BCUT2D eigenvalue weighted by molar-refractivity contribution is -0.157. The molecule has 13 amide bonds. The Morgan fingerprint density at radius 1 is 0.562 bits per heavy atom. The van der Waals surface area contributed by atoms with Crippen molar-refractivity contribution in [2.24, 2.45) is 53.1 Å². The van der Waals surface area contributed by atoms with Crippen LogP contribution in [0, 0.1) is 47.3 Å². The molecule has 0 unspecified atom stereocenters. The maximum absolute atomic E-state index is 15.1. The van der Waals surface area contributed by atoms with Crippen LogP contribution in [0.2, 0.25) is 0 Å². The zero-order valence-corrected chi connectivity index (χ0v) is 65.5. The van der Waals surface area contributed by atoms with Crippen LogP contribution in [0.4, 0.5) is 0 Å². The number of cyclic esters (lactones) is 1. The molecular formula is C75H126N14O16. The first-order chi connectivity index (χ1) is 49.2. The van der Waals surface area contributed by atoms with Crippen molar-refractivity contribution in [2.75, 3.05) is 13.1 Å². The van der Waals surface area contributed by atoms with E-state index in [2.05, 4.69) is 63.8 Å². The predicted octanol–water partition coefficient (Wildman–Crippen LogP) is 1.71. The van der Waals surface area contributed by atoms with Crippen LogP contribution in [-0.2, 0) is 78.3 Å². The summed E-state index contributed by atoms with van der Waals surface area (Å²) in [5.74, 6) is -14.8. The number of esters is 1. The number of amides is 13. The highest BCUT2D eigenvalue weighted by atomic mass is 16.5. The van der Waals surface area contributed by atoms with E-state index >= 15 is 9.59 Å². The van der Waals surface area contributed by atoms with Crippen LogP contribution >= 0.6 is 0 Å². The first-order valence-electron chi connectivity index (χ1n) is 37.8. The number of rotatable bonds is 34. The normalized spacial score (nSPS) is 22.9. The second kappa shape index (κ2) is 44.0. The number of nitrogens with two attached hydrogens (primary N) is 1. The number of aliphatic hydroxyl groups excluding tert-OH is 1. The lowest BCUT2D eigenvalue weighted by Gasteiger charge is -2.34. The monoisotopic (exact) mass is 1480 g/mol. The first-order valence-corrected chi connectivity index (χ1v) is 37.8. The zero-order chi connectivity index (χ0) is 79.4. The minimum atomic E-state index is -1.82. The molecule has 2 saturated heterocycles. The second-order valence-corrected chi connectivity index (χ2v) is 30.5. The molecule has 15 N–H and O–H groups in total. The van der Waals surface area contributed by atoms with Crippen molar-refractivity contribution in [2.45, 2.75) is 293 Å². The molecule has 2 aliphatic rings. The number of benzene rings is 1. The summed E-state index contributed by atoms with van der Waals surface area (Å²) in [6.45, 7) is 32.0. The summed E-state index contributed by atoms with van der Waals surface area (Å²) >= 11 is 0. The smallest absolute Gasteiger partial charge is 0.329 e. The van der Waals surface area contributed by atoms with Crippen molar-refractivity contribution in [3.8, 4) is 0 Å². The second-order valence-electron chi connectivity index (χ2n) is 30.5. The third-order valence-corrected chi connectivity index (χ3v) is 19.5. The molecule has 2 heterocycles. The molecule has 30 nitrogen and oxygen atoms in total. The molecule has 0 aliphatic carbocycles. The lowest BCUT2D eigenvalue weighted by atomic mass is 9.95. The Morgan fingerprint density at radius 2 is 1.08 bits per heavy atom. The van der Waals surface area contributed by atoms with E-state index in [0.717, 1.165) is 6.42 Å². The van der Waals surface area contributed by atoms with Crippen molar-refractivity contribution in [3.05, 3.63) is 35.9 Å². The number of ether oxygens (including phenoxy) is 1. The van der Waals surface area contributed by atoms with E-state index in [1.54, 1.807) is 134 Å². The number of carbonyl (C=O) groups excluding carboxylic acids is 14. The van der Waals surface area contributed by atoms with E-state index in [1.165, 1.54) is 18.7 Å². The van der Waals surface area contributed by atoms with Gasteiger partial charge in [0.15, 0.2) is 0 Å². The fourth-order valence-electron chi connectivity index (χ4n) is 12.3. The number of hydrogen-bond acceptors (Lipinski definition) is 17. The van der Waals surface area contributed by atoms with Gasteiger partial charge in [-0.3, -0.25) is 62.3 Å². The van der Waals surface area contributed by atoms with Gasteiger partial charge in [-0.1, -0.05) is 167 Å². The van der Waals surface area contributed by atoms with Gasteiger partial charge >= 0.3 is 5.97 Å². The van der Waals surface area contributed by atoms with Gasteiger partial charge in [-0.2, -0.15) is 0 Å². The molecule has 0 saturated carbocycles. The van der Waals surface area contributed by atoms with Gasteiger partial charge in [0, 0.05) is 19.4 Å².